The molecule has 1 N–H and O–H groups in total. The van der Waals surface area contributed by atoms with Crippen molar-refractivity contribution in [3.63, 3.8) is 0 Å². The molecule has 1 atom stereocenters. The van der Waals surface area contributed by atoms with Crippen molar-refractivity contribution in [3.8, 4) is 0 Å². The molecule has 1 aromatic carbocycles. The highest BCUT2D eigenvalue weighted by atomic mass is 16.6. The number of piperazine rings is 1. The van der Waals surface area contributed by atoms with E-state index in [-0.39, 0.29) is 23.7 Å². The van der Waals surface area contributed by atoms with Crippen LogP contribution in [0.5, 0.6) is 0 Å². The summed E-state index contributed by atoms with van der Waals surface area (Å²) in [7, 11) is 0. The van der Waals surface area contributed by atoms with Gasteiger partial charge in [0.25, 0.3) is 11.6 Å². The van der Waals surface area contributed by atoms with Crippen LogP contribution in [0.15, 0.2) is 24.3 Å². The molecule has 2 fully saturated rings. The topological polar surface area (TPSA) is 105 Å². The van der Waals surface area contributed by atoms with Crippen LogP contribution in [0.4, 0.5) is 16.2 Å². The number of ether oxygens (including phenoxy) is 1. The molecule has 1 aromatic rings. The van der Waals surface area contributed by atoms with Gasteiger partial charge in [-0.3, -0.25) is 14.9 Å². The van der Waals surface area contributed by atoms with Gasteiger partial charge in [0.05, 0.1) is 4.92 Å². The molecule has 3 rings (SSSR count). The average molecular weight is 348 g/mol. The van der Waals surface area contributed by atoms with Crippen LogP contribution in [0.2, 0.25) is 0 Å². The van der Waals surface area contributed by atoms with Gasteiger partial charge < -0.3 is 19.9 Å². The van der Waals surface area contributed by atoms with Crippen LogP contribution in [0.25, 0.3) is 0 Å². The summed E-state index contributed by atoms with van der Waals surface area (Å²) in [5.74, 6) is -0.00348. The molecule has 3 amide bonds. The number of non-ortho nitro benzene ring substituents is 1. The SMILES string of the molecule is O=C(Nc1cccc([N+](=O)[O-])c1)N1CCN(C(=O)[C@H]2CCCO2)CC1. The number of carbonyl (C=O) groups is 2. The molecule has 2 aliphatic heterocycles. The highest BCUT2D eigenvalue weighted by Gasteiger charge is 2.31. The van der Waals surface area contributed by atoms with E-state index in [2.05, 4.69) is 5.32 Å². The maximum Gasteiger partial charge on any atom is 0.321 e. The predicted octanol–water partition coefficient (Wildman–Crippen LogP) is 1.45. The van der Waals surface area contributed by atoms with Gasteiger partial charge in [-0.05, 0) is 18.9 Å². The first kappa shape index (κ1) is 17.2. The highest BCUT2D eigenvalue weighted by molar-refractivity contribution is 5.90. The van der Waals surface area contributed by atoms with Crippen LogP contribution in [-0.2, 0) is 9.53 Å². The van der Waals surface area contributed by atoms with Crippen molar-refractivity contribution >= 4 is 23.3 Å². The minimum Gasteiger partial charge on any atom is -0.368 e. The fourth-order valence-electron chi connectivity index (χ4n) is 3.01. The standard InChI is InChI=1S/C16H20N4O5/c21-15(14-5-2-10-25-14)18-6-8-19(9-7-18)16(22)17-12-3-1-4-13(11-12)20(23)24/h1,3-4,11,14H,2,5-10H2,(H,17,22)/t14-/m1/s1. The number of nitrogens with one attached hydrogen (secondary N) is 1. The molecular formula is C16H20N4O5. The molecule has 0 bridgehead atoms. The number of amides is 3. The summed E-state index contributed by atoms with van der Waals surface area (Å²) in [4.78, 5) is 38.2. The zero-order valence-electron chi connectivity index (χ0n) is 13.7. The Morgan fingerprint density at radius 3 is 2.56 bits per heavy atom. The normalized spacial score (nSPS) is 20.4. The summed E-state index contributed by atoms with van der Waals surface area (Å²) in [6.07, 6.45) is 1.32. The second-order valence-corrected chi connectivity index (χ2v) is 6.05. The lowest BCUT2D eigenvalue weighted by atomic mass is 10.2. The van der Waals surface area contributed by atoms with Gasteiger partial charge in [-0.25, -0.2) is 4.79 Å². The Morgan fingerprint density at radius 2 is 1.92 bits per heavy atom. The molecule has 0 unspecified atom stereocenters. The number of benzene rings is 1. The maximum absolute atomic E-state index is 12.3. The molecule has 2 heterocycles. The van der Waals surface area contributed by atoms with Gasteiger partial charge in [0.2, 0.25) is 0 Å². The second-order valence-electron chi connectivity index (χ2n) is 6.05. The number of nitro benzene ring substituents is 1. The third-order valence-corrected chi connectivity index (χ3v) is 4.39. The highest BCUT2D eigenvalue weighted by Crippen LogP contribution is 2.19. The van der Waals surface area contributed by atoms with Crippen molar-refractivity contribution in [1.29, 1.82) is 0 Å². The Balaban J connectivity index is 1.52. The van der Waals surface area contributed by atoms with Crippen LogP contribution >= 0.6 is 0 Å². The number of anilines is 1. The van der Waals surface area contributed by atoms with Gasteiger partial charge in [0.15, 0.2) is 0 Å². The lowest BCUT2D eigenvalue weighted by Gasteiger charge is -2.35. The number of urea groups is 1. The first-order chi connectivity index (χ1) is 12.0. The van der Waals surface area contributed by atoms with Crippen molar-refractivity contribution in [2.75, 3.05) is 38.1 Å². The third-order valence-electron chi connectivity index (χ3n) is 4.39. The van der Waals surface area contributed by atoms with E-state index in [1.807, 2.05) is 0 Å². The van der Waals surface area contributed by atoms with Gasteiger partial charge in [0.1, 0.15) is 6.10 Å². The fraction of sp³-hybridized carbons (Fsp3) is 0.500. The molecule has 2 saturated heterocycles. The number of hydrogen-bond donors (Lipinski definition) is 1. The van der Waals surface area contributed by atoms with Crippen LogP contribution < -0.4 is 5.32 Å². The summed E-state index contributed by atoms with van der Waals surface area (Å²) in [5, 5.41) is 13.4. The van der Waals surface area contributed by atoms with Crippen LogP contribution in [0.1, 0.15) is 12.8 Å². The van der Waals surface area contributed by atoms with Gasteiger partial charge in [-0.1, -0.05) is 6.07 Å². The average Bonchev–Trinajstić information content (AvgIpc) is 3.16. The third kappa shape index (κ3) is 4.05. The van der Waals surface area contributed by atoms with Gasteiger partial charge in [-0.2, -0.15) is 0 Å². The van der Waals surface area contributed by atoms with E-state index in [0.29, 0.717) is 38.5 Å². The zero-order chi connectivity index (χ0) is 17.8. The zero-order valence-corrected chi connectivity index (χ0v) is 13.7. The lowest BCUT2D eigenvalue weighted by molar-refractivity contribution is -0.384. The summed E-state index contributed by atoms with van der Waals surface area (Å²) in [6, 6.07) is 5.47. The number of nitro groups is 1. The number of nitrogens with zero attached hydrogens (tertiary/aromatic N) is 3. The summed E-state index contributed by atoms with van der Waals surface area (Å²) in [5.41, 5.74) is 0.293. The smallest absolute Gasteiger partial charge is 0.321 e. The molecule has 2 aliphatic rings. The van der Waals surface area contributed by atoms with Gasteiger partial charge >= 0.3 is 6.03 Å². The number of rotatable bonds is 3. The Labute approximate surface area is 144 Å². The lowest BCUT2D eigenvalue weighted by Crippen LogP contribution is -2.53. The molecular weight excluding hydrogens is 328 g/mol. The van der Waals surface area contributed by atoms with Crippen LogP contribution in [-0.4, -0.2) is 65.6 Å². The second kappa shape index (κ2) is 7.47. The molecule has 25 heavy (non-hydrogen) atoms. The first-order valence-corrected chi connectivity index (χ1v) is 8.25. The van der Waals surface area contributed by atoms with E-state index >= 15 is 0 Å². The van der Waals surface area contributed by atoms with Gasteiger partial charge in [-0.15, -0.1) is 0 Å². The molecule has 0 saturated carbocycles. The van der Waals surface area contributed by atoms with Crippen molar-refractivity contribution in [1.82, 2.24) is 9.80 Å². The number of carbonyl (C=O) groups excluding carboxylic acids is 2. The molecule has 9 heteroatoms. The summed E-state index contributed by atoms with van der Waals surface area (Å²) in [6.45, 7) is 2.38. The Morgan fingerprint density at radius 1 is 1.20 bits per heavy atom. The van der Waals surface area contributed by atoms with Crippen molar-refractivity contribution < 1.29 is 19.2 Å². The Hall–Kier alpha value is -2.68. The van der Waals surface area contributed by atoms with Crippen LogP contribution in [0.3, 0.4) is 0 Å². The quantitative estimate of drug-likeness (QED) is 0.657. The molecule has 0 aliphatic carbocycles. The molecule has 0 radical (unpaired) electrons. The molecule has 9 nitrogen and oxygen atoms in total. The molecule has 134 valence electrons. The van der Waals surface area contributed by atoms with Gasteiger partial charge in [0, 0.05) is 50.6 Å². The summed E-state index contributed by atoms with van der Waals surface area (Å²) >= 11 is 0. The maximum atomic E-state index is 12.3. The largest absolute Gasteiger partial charge is 0.368 e. The summed E-state index contributed by atoms with van der Waals surface area (Å²) < 4.78 is 5.41. The van der Waals surface area contributed by atoms with E-state index < -0.39 is 4.92 Å². The number of hydrogen-bond acceptors (Lipinski definition) is 5. The van der Waals surface area contributed by atoms with E-state index in [4.69, 9.17) is 4.74 Å². The molecule has 0 aromatic heterocycles. The Bertz CT molecular complexity index is 666. The van der Waals surface area contributed by atoms with E-state index in [1.165, 1.54) is 18.2 Å². The van der Waals surface area contributed by atoms with E-state index in [1.54, 1.807) is 15.9 Å². The fourth-order valence-corrected chi connectivity index (χ4v) is 3.01. The minimum absolute atomic E-state index is 0.00348. The van der Waals surface area contributed by atoms with Crippen molar-refractivity contribution in [2.24, 2.45) is 0 Å². The van der Waals surface area contributed by atoms with Crippen molar-refractivity contribution in [3.05, 3.63) is 34.4 Å². The molecule has 0 spiro atoms. The predicted molar refractivity (Wildman–Crippen MR) is 89.2 cm³/mol. The van der Waals surface area contributed by atoms with E-state index in [0.717, 1.165) is 12.8 Å². The minimum atomic E-state index is -0.509. The first-order valence-electron chi connectivity index (χ1n) is 8.25. The Kier molecular flexibility index (Phi) is 5.13. The monoisotopic (exact) mass is 348 g/mol. The van der Waals surface area contributed by atoms with E-state index in [9.17, 15) is 19.7 Å². The van der Waals surface area contributed by atoms with Crippen LogP contribution in [0, 0.1) is 10.1 Å². The van der Waals surface area contributed by atoms with Crippen molar-refractivity contribution in [2.45, 2.75) is 18.9 Å².